The smallest absolute Gasteiger partial charge is 0.119 e. The highest BCUT2D eigenvalue weighted by Crippen LogP contribution is 2.21. The summed E-state index contributed by atoms with van der Waals surface area (Å²) in [5.41, 5.74) is 2.44. The second-order valence-corrected chi connectivity index (χ2v) is 6.06. The number of rotatable bonds is 4. The average molecular weight is 347 g/mol. The first-order chi connectivity index (χ1) is 10.3. The molecule has 0 amide bonds. The third-order valence-electron chi connectivity index (χ3n) is 3.64. The standard InChI is InChI=1S/C17H19BrN2O/c18-15-3-1-14(2-4-15)13-21-17-7-5-16(6-8-17)20-11-9-19-10-12-20/h1-8,19H,9-13H2. The van der Waals surface area contributed by atoms with Crippen LogP contribution in [-0.2, 0) is 6.61 Å². The summed E-state index contributed by atoms with van der Waals surface area (Å²) in [4.78, 5) is 2.40. The van der Waals surface area contributed by atoms with Gasteiger partial charge in [0.25, 0.3) is 0 Å². The van der Waals surface area contributed by atoms with Gasteiger partial charge in [0.1, 0.15) is 12.4 Å². The van der Waals surface area contributed by atoms with Crippen molar-refractivity contribution >= 4 is 21.6 Å². The molecule has 1 heterocycles. The number of anilines is 1. The Hall–Kier alpha value is -1.52. The Labute approximate surface area is 134 Å². The normalized spacial score (nSPS) is 15.0. The van der Waals surface area contributed by atoms with Crippen molar-refractivity contribution < 1.29 is 4.74 Å². The maximum Gasteiger partial charge on any atom is 0.119 e. The predicted octanol–water partition coefficient (Wildman–Crippen LogP) is 3.44. The number of hydrogen-bond acceptors (Lipinski definition) is 3. The molecule has 1 aliphatic heterocycles. The summed E-state index contributed by atoms with van der Waals surface area (Å²) >= 11 is 3.44. The maximum absolute atomic E-state index is 5.83. The molecule has 0 spiro atoms. The van der Waals surface area contributed by atoms with Crippen LogP contribution in [0.25, 0.3) is 0 Å². The van der Waals surface area contributed by atoms with Gasteiger partial charge < -0.3 is 15.0 Å². The molecule has 1 fully saturated rings. The summed E-state index contributed by atoms with van der Waals surface area (Å²) in [5.74, 6) is 0.914. The molecular weight excluding hydrogens is 328 g/mol. The van der Waals surface area contributed by atoms with E-state index in [4.69, 9.17) is 4.74 Å². The number of hydrogen-bond donors (Lipinski definition) is 1. The lowest BCUT2D eigenvalue weighted by Gasteiger charge is -2.29. The first-order valence-electron chi connectivity index (χ1n) is 7.24. The molecule has 110 valence electrons. The fraction of sp³-hybridized carbons (Fsp3) is 0.294. The summed E-state index contributed by atoms with van der Waals surface area (Å²) in [6.07, 6.45) is 0. The van der Waals surface area contributed by atoms with Gasteiger partial charge in [-0.15, -0.1) is 0 Å². The van der Waals surface area contributed by atoms with Crippen molar-refractivity contribution in [2.75, 3.05) is 31.1 Å². The molecule has 0 atom stereocenters. The summed E-state index contributed by atoms with van der Waals surface area (Å²) in [6, 6.07) is 16.6. The molecule has 4 heteroatoms. The van der Waals surface area contributed by atoms with Gasteiger partial charge in [0.2, 0.25) is 0 Å². The van der Waals surface area contributed by atoms with Crippen molar-refractivity contribution in [3.8, 4) is 5.75 Å². The number of nitrogens with zero attached hydrogens (tertiary/aromatic N) is 1. The number of nitrogens with one attached hydrogen (secondary N) is 1. The zero-order valence-electron chi connectivity index (χ0n) is 11.9. The van der Waals surface area contributed by atoms with E-state index in [1.54, 1.807) is 0 Å². The molecule has 3 nitrogen and oxygen atoms in total. The van der Waals surface area contributed by atoms with Gasteiger partial charge in [-0.05, 0) is 42.0 Å². The first kappa shape index (κ1) is 14.4. The molecule has 0 unspecified atom stereocenters. The molecule has 0 radical (unpaired) electrons. The van der Waals surface area contributed by atoms with E-state index < -0.39 is 0 Å². The zero-order chi connectivity index (χ0) is 14.5. The summed E-state index contributed by atoms with van der Waals surface area (Å²) < 4.78 is 6.92. The van der Waals surface area contributed by atoms with Crippen molar-refractivity contribution in [3.05, 3.63) is 58.6 Å². The van der Waals surface area contributed by atoms with E-state index in [0.29, 0.717) is 6.61 Å². The summed E-state index contributed by atoms with van der Waals surface area (Å²) in [7, 11) is 0. The average Bonchev–Trinajstić information content (AvgIpc) is 2.56. The van der Waals surface area contributed by atoms with Gasteiger partial charge in [0.15, 0.2) is 0 Å². The van der Waals surface area contributed by atoms with Crippen LogP contribution in [0.2, 0.25) is 0 Å². The fourth-order valence-electron chi connectivity index (χ4n) is 2.42. The molecule has 21 heavy (non-hydrogen) atoms. The van der Waals surface area contributed by atoms with Crippen molar-refractivity contribution in [1.82, 2.24) is 5.32 Å². The highest BCUT2D eigenvalue weighted by molar-refractivity contribution is 9.10. The van der Waals surface area contributed by atoms with Crippen molar-refractivity contribution in [2.45, 2.75) is 6.61 Å². The number of halogens is 1. The highest BCUT2D eigenvalue weighted by atomic mass is 79.9. The topological polar surface area (TPSA) is 24.5 Å². The van der Waals surface area contributed by atoms with Crippen molar-refractivity contribution in [3.63, 3.8) is 0 Å². The Balaban J connectivity index is 1.57. The van der Waals surface area contributed by atoms with Gasteiger partial charge in [-0.2, -0.15) is 0 Å². The van der Waals surface area contributed by atoms with Crippen molar-refractivity contribution in [2.24, 2.45) is 0 Å². The molecule has 1 saturated heterocycles. The van der Waals surface area contributed by atoms with Gasteiger partial charge in [-0.1, -0.05) is 28.1 Å². The van der Waals surface area contributed by atoms with Gasteiger partial charge in [0.05, 0.1) is 0 Å². The molecule has 0 aromatic heterocycles. The molecule has 0 aliphatic carbocycles. The third-order valence-corrected chi connectivity index (χ3v) is 4.17. The molecule has 1 N–H and O–H groups in total. The van der Waals surface area contributed by atoms with E-state index in [2.05, 4.69) is 62.5 Å². The van der Waals surface area contributed by atoms with E-state index in [0.717, 1.165) is 36.4 Å². The van der Waals surface area contributed by atoms with Crippen LogP contribution < -0.4 is 15.0 Å². The van der Waals surface area contributed by atoms with E-state index in [-0.39, 0.29) is 0 Å². The second-order valence-electron chi connectivity index (χ2n) is 5.15. The van der Waals surface area contributed by atoms with Gasteiger partial charge in [-0.25, -0.2) is 0 Å². The minimum atomic E-state index is 0.597. The Morgan fingerprint density at radius 3 is 2.29 bits per heavy atom. The van der Waals surface area contributed by atoms with E-state index in [1.807, 2.05) is 12.1 Å². The highest BCUT2D eigenvalue weighted by Gasteiger charge is 2.09. The molecule has 0 bridgehead atoms. The lowest BCUT2D eigenvalue weighted by Crippen LogP contribution is -2.43. The minimum Gasteiger partial charge on any atom is -0.489 e. The maximum atomic E-state index is 5.83. The molecule has 1 aliphatic rings. The van der Waals surface area contributed by atoms with Crippen molar-refractivity contribution in [1.29, 1.82) is 0 Å². The van der Waals surface area contributed by atoms with Crippen LogP contribution in [0.3, 0.4) is 0 Å². The SMILES string of the molecule is Brc1ccc(COc2ccc(N3CCNCC3)cc2)cc1. The van der Waals surface area contributed by atoms with E-state index in [9.17, 15) is 0 Å². The number of piperazine rings is 1. The molecule has 2 aromatic rings. The largest absolute Gasteiger partial charge is 0.489 e. The third kappa shape index (κ3) is 3.99. The lowest BCUT2D eigenvalue weighted by molar-refractivity contribution is 0.306. The van der Waals surface area contributed by atoms with Gasteiger partial charge in [0, 0.05) is 36.3 Å². The van der Waals surface area contributed by atoms with Crippen LogP contribution in [0.5, 0.6) is 5.75 Å². The minimum absolute atomic E-state index is 0.597. The second kappa shape index (κ2) is 6.96. The zero-order valence-corrected chi connectivity index (χ0v) is 13.5. The lowest BCUT2D eigenvalue weighted by atomic mass is 10.2. The van der Waals surface area contributed by atoms with Crippen LogP contribution >= 0.6 is 15.9 Å². The first-order valence-corrected chi connectivity index (χ1v) is 8.03. The molecular formula is C17H19BrN2O. The Kier molecular flexibility index (Phi) is 4.78. The molecule has 0 saturated carbocycles. The van der Waals surface area contributed by atoms with Crippen LogP contribution in [-0.4, -0.2) is 26.2 Å². The monoisotopic (exact) mass is 346 g/mol. The fourth-order valence-corrected chi connectivity index (χ4v) is 2.69. The van der Waals surface area contributed by atoms with Gasteiger partial charge >= 0.3 is 0 Å². The number of ether oxygens (including phenoxy) is 1. The number of benzene rings is 2. The quantitative estimate of drug-likeness (QED) is 0.917. The predicted molar refractivity (Wildman–Crippen MR) is 90.0 cm³/mol. The van der Waals surface area contributed by atoms with Gasteiger partial charge in [-0.3, -0.25) is 0 Å². The summed E-state index contributed by atoms with van der Waals surface area (Å²) in [5, 5.41) is 3.37. The van der Waals surface area contributed by atoms with E-state index >= 15 is 0 Å². The summed E-state index contributed by atoms with van der Waals surface area (Å²) in [6.45, 7) is 4.85. The molecule has 2 aromatic carbocycles. The molecule has 3 rings (SSSR count). The van der Waals surface area contributed by atoms with Crippen LogP contribution in [0.1, 0.15) is 5.56 Å². The Morgan fingerprint density at radius 1 is 0.952 bits per heavy atom. The Bertz CT molecular complexity index is 562. The van der Waals surface area contributed by atoms with Crippen LogP contribution in [0.4, 0.5) is 5.69 Å². The Morgan fingerprint density at radius 2 is 1.62 bits per heavy atom. The van der Waals surface area contributed by atoms with Crippen LogP contribution in [0.15, 0.2) is 53.0 Å². The van der Waals surface area contributed by atoms with E-state index in [1.165, 1.54) is 11.3 Å². The van der Waals surface area contributed by atoms with Crippen LogP contribution in [0, 0.1) is 0 Å².